The average Bonchev–Trinajstić information content (AvgIpc) is 2.39. The third-order valence-corrected chi connectivity index (χ3v) is 4.60. The molecule has 1 aliphatic carbocycles. The number of hydrogen-bond acceptors (Lipinski definition) is 3. The van der Waals surface area contributed by atoms with Crippen LogP contribution < -0.4 is 4.74 Å². The summed E-state index contributed by atoms with van der Waals surface area (Å²) >= 11 is 0. The zero-order chi connectivity index (χ0) is 14.8. The molecule has 0 radical (unpaired) electrons. The molecule has 0 spiro atoms. The van der Waals surface area contributed by atoms with Crippen LogP contribution in [0, 0.1) is 11.3 Å². The van der Waals surface area contributed by atoms with Crippen LogP contribution in [0.3, 0.4) is 0 Å². The predicted octanol–water partition coefficient (Wildman–Crippen LogP) is 3.90. The predicted molar refractivity (Wildman–Crippen MR) is 80.7 cm³/mol. The molecule has 3 heteroatoms. The summed E-state index contributed by atoms with van der Waals surface area (Å²) in [5.74, 6) is 1.43. The third kappa shape index (κ3) is 3.32. The first kappa shape index (κ1) is 15.3. The van der Waals surface area contributed by atoms with E-state index >= 15 is 0 Å². The van der Waals surface area contributed by atoms with Crippen molar-refractivity contribution >= 4 is 0 Å². The molecule has 0 amide bonds. The Morgan fingerprint density at radius 3 is 2.50 bits per heavy atom. The number of nitrogens with zero attached hydrogens (tertiary/aromatic N) is 1. The Hall–Kier alpha value is -1.09. The summed E-state index contributed by atoms with van der Waals surface area (Å²) in [5, 5.41) is 10.9. The Morgan fingerprint density at radius 1 is 1.30 bits per heavy atom. The zero-order valence-electron chi connectivity index (χ0n) is 13.1. The molecular weight excluding hydrogens is 250 g/mol. The fourth-order valence-electron chi connectivity index (χ4n) is 3.17. The minimum Gasteiger partial charge on any atom is -0.492 e. The average molecular weight is 277 g/mol. The van der Waals surface area contributed by atoms with Crippen LogP contribution in [-0.2, 0) is 5.60 Å². The molecule has 20 heavy (non-hydrogen) atoms. The molecule has 1 N–H and O–H groups in total. The summed E-state index contributed by atoms with van der Waals surface area (Å²) in [6.45, 7) is 9.45. The van der Waals surface area contributed by atoms with Crippen LogP contribution in [0.15, 0.2) is 18.5 Å². The molecule has 0 saturated heterocycles. The number of hydrogen-bond donors (Lipinski definition) is 1. The van der Waals surface area contributed by atoms with Gasteiger partial charge in [0.15, 0.2) is 0 Å². The zero-order valence-corrected chi connectivity index (χ0v) is 13.1. The number of ether oxygens (including phenoxy) is 1. The third-order valence-electron chi connectivity index (χ3n) is 4.60. The molecule has 0 aromatic carbocycles. The highest BCUT2D eigenvalue weighted by Gasteiger charge is 2.38. The van der Waals surface area contributed by atoms with Gasteiger partial charge in [-0.25, -0.2) is 0 Å². The topological polar surface area (TPSA) is 42.4 Å². The molecule has 1 aliphatic rings. The molecule has 1 saturated carbocycles. The van der Waals surface area contributed by atoms with Gasteiger partial charge < -0.3 is 9.84 Å². The molecule has 0 unspecified atom stereocenters. The first-order valence-electron chi connectivity index (χ1n) is 7.66. The van der Waals surface area contributed by atoms with E-state index in [0.29, 0.717) is 17.9 Å². The molecule has 0 bridgehead atoms. The second kappa shape index (κ2) is 5.72. The van der Waals surface area contributed by atoms with Crippen molar-refractivity contribution in [1.29, 1.82) is 0 Å². The van der Waals surface area contributed by atoms with Crippen LogP contribution in [0.25, 0.3) is 0 Å². The fourth-order valence-corrected chi connectivity index (χ4v) is 3.17. The number of aromatic nitrogens is 1. The van der Waals surface area contributed by atoms with Crippen LogP contribution in [0.4, 0.5) is 0 Å². The maximum atomic E-state index is 10.9. The van der Waals surface area contributed by atoms with Crippen LogP contribution in [-0.4, -0.2) is 16.7 Å². The Morgan fingerprint density at radius 2 is 1.95 bits per heavy atom. The summed E-state index contributed by atoms with van der Waals surface area (Å²) in [5.41, 5.74) is 0.491. The molecule has 112 valence electrons. The van der Waals surface area contributed by atoms with E-state index < -0.39 is 5.60 Å². The lowest BCUT2D eigenvalue weighted by Crippen LogP contribution is -2.35. The van der Waals surface area contributed by atoms with E-state index in [-0.39, 0.29) is 0 Å². The molecule has 0 aliphatic heterocycles. The highest BCUT2D eigenvalue weighted by atomic mass is 16.5. The lowest BCUT2D eigenvalue weighted by molar-refractivity contribution is -0.0301. The van der Waals surface area contributed by atoms with Gasteiger partial charge in [-0.1, -0.05) is 20.8 Å². The van der Waals surface area contributed by atoms with Gasteiger partial charge in [-0.05, 0) is 50.0 Å². The number of pyridine rings is 1. The molecule has 3 nitrogen and oxygen atoms in total. The van der Waals surface area contributed by atoms with Crippen molar-refractivity contribution < 1.29 is 9.84 Å². The van der Waals surface area contributed by atoms with Crippen molar-refractivity contribution in [1.82, 2.24) is 4.98 Å². The van der Waals surface area contributed by atoms with E-state index in [2.05, 4.69) is 25.8 Å². The fraction of sp³-hybridized carbons (Fsp3) is 0.706. The van der Waals surface area contributed by atoms with Gasteiger partial charge in [-0.3, -0.25) is 4.98 Å². The summed E-state index contributed by atoms with van der Waals surface area (Å²) < 4.78 is 5.48. The van der Waals surface area contributed by atoms with Crippen molar-refractivity contribution in [2.24, 2.45) is 11.3 Å². The van der Waals surface area contributed by atoms with Crippen LogP contribution >= 0.6 is 0 Å². The lowest BCUT2D eigenvalue weighted by Gasteiger charge is -2.41. The summed E-state index contributed by atoms with van der Waals surface area (Å²) in [4.78, 5) is 4.21. The largest absolute Gasteiger partial charge is 0.492 e. The molecule has 2 rings (SSSR count). The van der Waals surface area contributed by atoms with Crippen molar-refractivity contribution in [3.8, 4) is 5.75 Å². The van der Waals surface area contributed by atoms with E-state index in [1.807, 2.05) is 13.0 Å². The van der Waals surface area contributed by atoms with Crippen molar-refractivity contribution in [2.45, 2.75) is 59.0 Å². The van der Waals surface area contributed by atoms with Gasteiger partial charge >= 0.3 is 0 Å². The normalized spacial score (nSPS) is 27.4. The van der Waals surface area contributed by atoms with Gasteiger partial charge in [0.1, 0.15) is 5.75 Å². The first-order valence-corrected chi connectivity index (χ1v) is 7.66. The van der Waals surface area contributed by atoms with E-state index in [1.54, 1.807) is 12.4 Å². The summed E-state index contributed by atoms with van der Waals surface area (Å²) in [6, 6.07) is 1.94. The molecule has 1 fully saturated rings. The van der Waals surface area contributed by atoms with Crippen LogP contribution in [0.5, 0.6) is 5.75 Å². The molecule has 1 aromatic rings. The second-order valence-electron chi connectivity index (χ2n) is 7.01. The van der Waals surface area contributed by atoms with Crippen LogP contribution in [0.2, 0.25) is 0 Å². The van der Waals surface area contributed by atoms with Crippen molar-refractivity contribution in [3.63, 3.8) is 0 Å². The Balaban J connectivity index is 2.11. The van der Waals surface area contributed by atoms with Crippen molar-refractivity contribution in [2.75, 3.05) is 6.61 Å². The smallest absolute Gasteiger partial charge is 0.137 e. The standard InChI is InChI=1S/C17H27NO2/c1-5-20-15-10-14(11-18-12-15)17(19)8-6-13(7-9-17)16(2,3)4/h10-13,19H,5-9H2,1-4H3. The van der Waals surface area contributed by atoms with Gasteiger partial charge in [0.05, 0.1) is 18.4 Å². The summed E-state index contributed by atoms with van der Waals surface area (Å²) in [6.07, 6.45) is 7.24. The van der Waals surface area contributed by atoms with Gasteiger partial charge in [0.25, 0.3) is 0 Å². The highest BCUT2D eigenvalue weighted by molar-refractivity contribution is 5.28. The van der Waals surface area contributed by atoms with Gasteiger partial charge in [0.2, 0.25) is 0 Å². The number of aliphatic hydroxyl groups is 1. The van der Waals surface area contributed by atoms with Gasteiger partial charge in [0, 0.05) is 11.8 Å². The summed E-state index contributed by atoms with van der Waals surface area (Å²) in [7, 11) is 0. The quantitative estimate of drug-likeness (QED) is 0.911. The maximum absolute atomic E-state index is 10.9. The molecule has 1 aromatic heterocycles. The van der Waals surface area contributed by atoms with E-state index in [0.717, 1.165) is 37.0 Å². The SMILES string of the molecule is CCOc1cncc(C2(O)CCC(C(C)(C)C)CC2)c1. The lowest BCUT2D eigenvalue weighted by atomic mass is 9.67. The molecule has 1 heterocycles. The van der Waals surface area contributed by atoms with E-state index in [1.165, 1.54) is 0 Å². The van der Waals surface area contributed by atoms with E-state index in [4.69, 9.17) is 4.74 Å². The Kier molecular flexibility index (Phi) is 4.38. The monoisotopic (exact) mass is 277 g/mol. The molecular formula is C17H27NO2. The minimum atomic E-state index is -0.734. The Labute approximate surface area is 122 Å². The number of rotatable bonds is 3. The van der Waals surface area contributed by atoms with Gasteiger partial charge in [-0.15, -0.1) is 0 Å². The van der Waals surface area contributed by atoms with Crippen molar-refractivity contribution in [3.05, 3.63) is 24.0 Å². The Bertz CT molecular complexity index is 443. The molecule has 0 atom stereocenters. The minimum absolute atomic E-state index is 0.326. The first-order chi connectivity index (χ1) is 9.35. The highest BCUT2D eigenvalue weighted by Crippen LogP contribution is 2.45. The van der Waals surface area contributed by atoms with Crippen LogP contribution in [0.1, 0.15) is 58.9 Å². The maximum Gasteiger partial charge on any atom is 0.137 e. The van der Waals surface area contributed by atoms with Gasteiger partial charge in [-0.2, -0.15) is 0 Å². The van der Waals surface area contributed by atoms with E-state index in [9.17, 15) is 5.11 Å². The second-order valence-corrected chi connectivity index (χ2v) is 7.01.